The molecule has 0 saturated carbocycles. The summed E-state index contributed by atoms with van der Waals surface area (Å²) in [5, 5.41) is 8.56. The second-order valence-corrected chi connectivity index (χ2v) is 7.36. The first kappa shape index (κ1) is 28.8. The van der Waals surface area contributed by atoms with Gasteiger partial charge in [-0.1, -0.05) is 65.2 Å². The van der Waals surface area contributed by atoms with Crippen molar-refractivity contribution in [2.45, 2.75) is 84.2 Å². The van der Waals surface area contributed by atoms with Gasteiger partial charge >= 0.3 is 0 Å². The highest BCUT2D eigenvalue weighted by Gasteiger charge is 2.07. The zero-order valence-corrected chi connectivity index (χ0v) is 19.2. The van der Waals surface area contributed by atoms with Gasteiger partial charge in [0.05, 0.1) is 72.2 Å². The molecule has 0 aromatic rings. The number of ether oxygens (including phenoxy) is 5. The van der Waals surface area contributed by atoms with Crippen molar-refractivity contribution in [2.24, 2.45) is 0 Å². The van der Waals surface area contributed by atoms with Crippen LogP contribution in [0.25, 0.3) is 0 Å². The predicted molar refractivity (Wildman–Crippen MR) is 118 cm³/mol. The highest BCUT2D eigenvalue weighted by Crippen LogP contribution is 2.14. The summed E-state index contributed by atoms with van der Waals surface area (Å²) in [7, 11) is 0. The van der Waals surface area contributed by atoms with E-state index in [2.05, 4.69) is 13.8 Å². The van der Waals surface area contributed by atoms with Crippen LogP contribution in [0.3, 0.4) is 0 Å². The molecule has 0 fully saturated rings. The SMILES string of the molecule is CCCCCCCCCC(CCC)OCCOCCOCCOCCOCCO. The first-order chi connectivity index (χ1) is 14.3. The number of aliphatic hydroxyl groups is 1. The molecule has 0 spiro atoms. The maximum absolute atomic E-state index is 8.56. The molecule has 6 heteroatoms. The minimum atomic E-state index is 0.0482. The molecule has 1 atom stereocenters. The van der Waals surface area contributed by atoms with E-state index in [1.54, 1.807) is 0 Å². The lowest BCUT2D eigenvalue weighted by atomic mass is 10.0. The second kappa shape index (κ2) is 25.8. The lowest BCUT2D eigenvalue weighted by Crippen LogP contribution is -2.17. The summed E-state index contributed by atoms with van der Waals surface area (Å²) in [4.78, 5) is 0. The van der Waals surface area contributed by atoms with E-state index in [0.29, 0.717) is 65.6 Å². The molecule has 6 nitrogen and oxygen atoms in total. The predicted octanol–water partition coefficient (Wildman–Crippen LogP) is 4.37. The summed E-state index contributed by atoms with van der Waals surface area (Å²) >= 11 is 0. The number of unbranched alkanes of at least 4 members (excludes halogenated alkanes) is 6. The molecule has 0 aromatic heterocycles. The van der Waals surface area contributed by atoms with Crippen LogP contribution in [0, 0.1) is 0 Å². The van der Waals surface area contributed by atoms with Gasteiger partial charge in [0.25, 0.3) is 0 Å². The molecular weight excluding hydrogens is 372 g/mol. The van der Waals surface area contributed by atoms with Crippen molar-refractivity contribution < 1.29 is 28.8 Å². The third kappa shape index (κ3) is 23.9. The van der Waals surface area contributed by atoms with Crippen LogP contribution in [-0.4, -0.2) is 77.3 Å². The molecule has 29 heavy (non-hydrogen) atoms. The average molecular weight is 421 g/mol. The quantitative estimate of drug-likeness (QED) is 0.221. The van der Waals surface area contributed by atoms with Gasteiger partial charge in [0.15, 0.2) is 0 Å². The van der Waals surface area contributed by atoms with Gasteiger partial charge in [-0.2, -0.15) is 0 Å². The average Bonchev–Trinajstić information content (AvgIpc) is 2.73. The van der Waals surface area contributed by atoms with Crippen molar-refractivity contribution in [3.05, 3.63) is 0 Å². The molecule has 0 amide bonds. The van der Waals surface area contributed by atoms with Gasteiger partial charge in [0.1, 0.15) is 0 Å². The van der Waals surface area contributed by atoms with E-state index < -0.39 is 0 Å². The van der Waals surface area contributed by atoms with E-state index in [0.717, 1.165) is 6.42 Å². The van der Waals surface area contributed by atoms with Crippen LogP contribution in [0.1, 0.15) is 78.1 Å². The van der Waals surface area contributed by atoms with Gasteiger partial charge in [0, 0.05) is 0 Å². The smallest absolute Gasteiger partial charge is 0.0704 e. The molecule has 0 heterocycles. The monoisotopic (exact) mass is 420 g/mol. The molecule has 0 radical (unpaired) electrons. The summed E-state index contributed by atoms with van der Waals surface area (Å²) in [5.74, 6) is 0. The van der Waals surface area contributed by atoms with Crippen LogP contribution in [0.15, 0.2) is 0 Å². The highest BCUT2D eigenvalue weighted by molar-refractivity contribution is 4.58. The number of hydrogen-bond donors (Lipinski definition) is 1. The summed E-state index contributed by atoms with van der Waals surface area (Å²) < 4.78 is 27.5. The fourth-order valence-corrected chi connectivity index (χ4v) is 3.06. The lowest BCUT2D eigenvalue weighted by Gasteiger charge is -2.17. The van der Waals surface area contributed by atoms with Crippen LogP contribution in [0.5, 0.6) is 0 Å². The Morgan fingerprint density at radius 2 is 1.00 bits per heavy atom. The summed E-state index contributed by atoms with van der Waals surface area (Å²) in [5.41, 5.74) is 0. The van der Waals surface area contributed by atoms with Crippen molar-refractivity contribution in [1.82, 2.24) is 0 Å². The van der Waals surface area contributed by atoms with Gasteiger partial charge in [-0.25, -0.2) is 0 Å². The van der Waals surface area contributed by atoms with Crippen molar-refractivity contribution >= 4 is 0 Å². The minimum Gasteiger partial charge on any atom is -0.394 e. The third-order valence-corrected chi connectivity index (χ3v) is 4.67. The summed E-state index contributed by atoms with van der Waals surface area (Å²) in [6.07, 6.45) is 13.3. The van der Waals surface area contributed by atoms with Crippen molar-refractivity contribution in [1.29, 1.82) is 0 Å². The van der Waals surface area contributed by atoms with E-state index in [-0.39, 0.29) is 6.61 Å². The topological polar surface area (TPSA) is 66.4 Å². The fraction of sp³-hybridized carbons (Fsp3) is 1.00. The van der Waals surface area contributed by atoms with Gasteiger partial charge in [0.2, 0.25) is 0 Å². The van der Waals surface area contributed by atoms with Crippen LogP contribution < -0.4 is 0 Å². The van der Waals surface area contributed by atoms with Gasteiger partial charge < -0.3 is 28.8 Å². The van der Waals surface area contributed by atoms with E-state index in [1.807, 2.05) is 0 Å². The zero-order valence-electron chi connectivity index (χ0n) is 19.2. The van der Waals surface area contributed by atoms with Crippen LogP contribution in [-0.2, 0) is 23.7 Å². The summed E-state index contributed by atoms with van der Waals surface area (Å²) in [6, 6.07) is 0. The molecule has 0 rings (SSSR count). The Morgan fingerprint density at radius 3 is 1.52 bits per heavy atom. The van der Waals surface area contributed by atoms with Gasteiger partial charge in [-0.05, 0) is 12.8 Å². The largest absolute Gasteiger partial charge is 0.394 e. The Hall–Kier alpha value is -0.240. The Balaban J connectivity index is 3.35. The maximum atomic E-state index is 8.56. The molecule has 0 saturated heterocycles. The van der Waals surface area contributed by atoms with E-state index in [4.69, 9.17) is 28.8 Å². The number of rotatable bonds is 25. The van der Waals surface area contributed by atoms with Gasteiger partial charge in [-0.3, -0.25) is 0 Å². The first-order valence-corrected chi connectivity index (χ1v) is 11.9. The van der Waals surface area contributed by atoms with E-state index in [9.17, 15) is 0 Å². The van der Waals surface area contributed by atoms with Crippen molar-refractivity contribution in [3.63, 3.8) is 0 Å². The zero-order chi connectivity index (χ0) is 21.3. The standard InChI is InChI=1S/C23H48O6/c1-3-5-6-7-8-9-10-12-23(11-4-2)29-22-21-28-20-19-27-18-17-26-16-15-25-14-13-24/h23-24H,3-22H2,1-2H3. The number of hydrogen-bond acceptors (Lipinski definition) is 6. The van der Waals surface area contributed by atoms with Crippen molar-refractivity contribution in [2.75, 3.05) is 66.1 Å². The highest BCUT2D eigenvalue weighted by atomic mass is 16.6. The van der Waals surface area contributed by atoms with Crippen LogP contribution in [0.2, 0.25) is 0 Å². The number of aliphatic hydroxyl groups excluding tert-OH is 1. The molecule has 0 aliphatic carbocycles. The molecule has 0 aliphatic rings. The normalized spacial score (nSPS) is 12.5. The summed E-state index contributed by atoms with van der Waals surface area (Å²) in [6.45, 7) is 9.46. The Kier molecular flexibility index (Phi) is 25.6. The molecular formula is C23H48O6. The maximum Gasteiger partial charge on any atom is 0.0704 e. The lowest BCUT2D eigenvalue weighted by molar-refractivity contribution is -0.0269. The molecule has 0 aromatic carbocycles. The Bertz CT molecular complexity index is 291. The second-order valence-electron chi connectivity index (χ2n) is 7.36. The van der Waals surface area contributed by atoms with Crippen LogP contribution >= 0.6 is 0 Å². The third-order valence-electron chi connectivity index (χ3n) is 4.67. The molecule has 1 unspecified atom stereocenters. The van der Waals surface area contributed by atoms with Crippen molar-refractivity contribution in [3.8, 4) is 0 Å². The Labute approximate surface area is 179 Å². The molecule has 0 aliphatic heterocycles. The molecule has 176 valence electrons. The first-order valence-electron chi connectivity index (χ1n) is 11.9. The van der Waals surface area contributed by atoms with Crippen LogP contribution in [0.4, 0.5) is 0 Å². The fourth-order valence-electron chi connectivity index (χ4n) is 3.06. The molecule has 1 N–H and O–H groups in total. The van der Waals surface area contributed by atoms with E-state index >= 15 is 0 Å². The minimum absolute atomic E-state index is 0.0482. The Morgan fingerprint density at radius 1 is 0.517 bits per heavy atom. The van der Waals surface area contributed by atoms with E-state index in [1.165, 1.54) is 57.8 Å². The molecule has 0 bridgehead atoms. The van der Waals surface area contributed by atoms with Gasteiger partial charge in [-0.15, -0.1) is 0 Å².